The first kappa shape index (κ1) is 12.9. The first-order valence-corrected chi connectivity index (χ1v) is 5.47. The van der Waals surface area contributed by atoms with E-state index in [9.17, 15) is 17.6 Å². The van der Waals surface area contributed by atoms with Crippen molar-refractivity contribution < 1.29 is 22.7 Å². The molecular formula is C8H7BrF4OS. The summed E-state index contributed by atoms with van der Waals surface area (Å²) in [5, 5.41) is 9.17. The largest absolute Gasteiger partial charge is 0.382 e. The van der Waals surface area contributed by atoms with Crippen molar-refractivity contribution in [2.75, 3.05) is 0 Å². The summed E-state index contributed by atoms with van der Waals surface area (Å²) in [7, 11) is 0. The molecule has 1 heterocycles. The van der Waals surface area contributed by atoms with Crippen molar-refractivity contribution in [3.8, 4) is 0 Å². The molecule has 0 saturated carbocycles. The fourth-order valence-corrected chi connectivity index (χ4v) is 2.80. The van der Waals surface area contributed by atoms with Crippen molar-refractivity contribution in [2.45, 2.75) is 25.4 Å². The van der Waals surface area contributed by atoms with Gasteiger partial charge in [0.2, 0.25) is 0 Å². The molecule has 15 heavy (non-hydrogen) atoms. The Balaban J connectivity index is 3.04. The van der Waals surface area contributed by atoms with E-state index in [4.69, 9.17) is 5.11 Å². The number of aliphatic hydroxyl groups excluding tert-OH is 1. The maximum absolute atomic E-state index is 12.8. The molecule has 1 atom stereocenters. The molecule has 0 saturated heterocycles. The van der Waals surface area contributed by atoms with E-state index in [-0.39, 0.29) is 5.56 Å². The number of halogens is 5. The van der Waals surface area contributed by atoms with Crippen LogP contribution >= 0.6 is 27.3 Å². The first-order valence-electron chi connectivity index (χ1n) is 3.86. The second-order valence-electron chi connectivity index (χ2n) is 2.94. The van der Waals surface area contributed by atoms with Gasteiger partial charge in [0.25, 0.3) is 0 Å². The third-order valence-corrected chi connectivity index (χ3v) is 3.45. The maximum Gasteiger partial charge on any atom is 0.336 e. The number of aliphatic hydroxyl groups is 1. The molecule has 0 aromatic carbocycles. The number of hydrogen-bond donors (Lipinski definition) is 1. The second kappa shape index (κ2) is 4.39. The number of hydrogen-bond acceptors (Lipinski definition) is 2. The summed E-state index contributed by atoms with van der Waals surface area (Å²) in [6.45, 7) is 1.48. The van der Waals surface area contributed by atoms with Crippen LogP contribution in [-0.2, 0) is 0 Å². The molecule has 1 aromatic rings. The molecule has 0 aliphatic rings. The Hall–Kier alpha value is -0.140. The molecule has 0 bridgehead atoms. The van der Waals surface area contributed by atoms with Crippen molar-refractivity contribution in [1.82, 2.24) is 0 Å². The summed E-state index contributed by atoms with van der Waals surface area (Å²) < 4.78 is 50.1. The molecule has 0 radical (unpaired) electrons. The molecule has 7 heteroatoms. The van der Waals surface area contributed by atoms with Crippen LogP contribution in [0.25, 0.3) is 0 Å². The highest BCUT2D eigenvalue weighted by Crippen LogP contribution is 2.40. The number of aryl methyl sites for hydroxylation is 1. The maximum atomic E-state index is 12.8. The normalized spacial score (nSPS) is 14.7. The van der Waals surface area contributed by atoms with Gasteiger partial charge in [0.15, 0.2) is 0 Å². The predicted octanol–water partition coefficient (Wildman–Crippen LogP) is 3.75. The van der Waals surface area contributed by atoms with Gasteiger partial charge in [0, 0.05) is 10.4 Å². The summed E-state index contributed by atoms with van der Waals surface area (Å²) in [5.74, 6) is -4.43. The lowest BCUT2D eigenvalue weighted by Gasteiger charge is -2.21. The van der Waals surface area contributed by atoms with E-state index >= 15 is 0 Å². The quantitative estimate of drug-likeness (QED) is 0.843. The molecule has 1 nitrogen and oxygen atoms in total. The van der Waals surface area contributed by atoms with E-state index in [0.29, 0.717) is 8.66 Å². The van der Waals surface area contributed by atoms with Gasteiger partial charge in [-0.3, -0.25) is 0 Å². The molecular weight excluding hydrogens is 300 g/mol. The van der Waals surface area contributed by atoms with Gasteiger partial charge >= 0.3 is 12.3 Å². The van der Waals surface area contributed by atoms with E-state index in [2.05, 4.69) is 15.9 Å². The molecule has 86 valence electrons. The van der Waals surface area contributed by atoms with Crippen LogP contribution in [0.3, 0.4) is 0 Å². The minimum absolute atomic E-state index is 0.169. The average Bonchev–Trinajstić information content (AvgIpc) is 2.43. The third-order valence-electron chi connectivity index (χ3n) is 1.88. The van der Waals surface area contributed by atoms with Gasteiger partial charge in [-0.25, -0.2) is 8.78 Å². The fourth-order valence-electron chi connectivity index (χ4n) is 1.06. The van der Waals surface area contributed by atoms with E-state index in [1.807, 2.05) is 0 Å². The predicted molar refractivity (Wildman–Crippen MR) is 52.7 cm³/mol. The summed E-state index contributed by atoms with van der Waals surface area (Å²) in [6.07, 6.45) is -6.36. The van der Waals surface area contributed by atoms with Crippen LogP contribution in [0, 0.1) is 6.92 Å². The Morgan fingerprint density at radius 3 is 2.33 bits per heavy atom. The Morgan fingerprint density at radius 2 is 2.00 bits per heavy atom. The summed E-state index contributed by atoms with van der Waals surface area (Å²) in [5.41, 5.74) is -0.169. The number of rotatable bonds is 3. The molecule has 1 N–H and O–H groups in total. The van der Waals surface area contributed by atoms with Crippen LogP contribution < -0.4 is 0 Å². The average molecular weight is 307 g/mol. The lowest BCUT2D eigenvalue weighted by atomic mass is 10.1. The van der Waals surface area contributed by atoms with Crippen molar-refractivity contribution in [2.24, 2.45) is 0 Å². The van der Waals surface area contributed by atoms with Crippen molar-refractivity contribution in [1.29, 1.82) is 0 Å². The monoisotopic (exact) mass is 306 g/mol. The Morgan fingerprint density at radius 1 is 1.47 bits per heavy atom. The minimum Gasteiger partial charge on any atom is -0.382 e. The molecule has 1 aromatic heterocycles. The SMILES string of the molecule is Cc1sc(Br)cc1C(O)C(F)(F)C(F)F. The zero-order valence-electron chi connectivity index (χ0n) is 7.48. The second-order valence-corrected chi connectivity index (χ2v) is 5.58. The number of alkyl halides is 4. The van der Waals surface area contributed by atoms with Crippen molar-refractivity contribution in [3.63, 3.8) is 0 Å². The van der Waals surface area contributed by atoms with E-state index < -0.39 is 18.5 Å². The molecule has 1 rings (SSSR count). The fraction of sp³-hybridized carbons (Fsp3) is 0.500. The van der Waals surface area contributed by atoms with Crippen LogP contribution in [-0.4, -0.2) is 17.5 Å². The molecule has 1 unspecified atom stereocenters. The van der Waals surface area contributed by atoms with Crippen LogP contribution in [0.2, 0.25) is 0 Å². The van der Waals surface area contributed by atoms with Gasteiger partial charge in [-0.05, 0) is 28.9 Å². The highest BCUT2D eigenvalue weighted by Gasteiger charge is 2.49. The summed E-state index contributed by atoms with van der Waals surface area (Å²) in [6, 6.07) is 1.22. The van der Waals surface area contributed by atoms with Crippen LogP contribution in [0.15, 0.2) is 9.85 Å². The van der Waals surface area contributed by atoms with Gasteiger partial charge in [0.1, 0.15) is 6.10 Å². The Labute approximate surface area is 95.9 Å². The van der Waals surface area contributed by atoms with E-state index in [1.54, 1.807) is 0 Å². The lowest BCUT2D eigenvalue weighted by molar-refractivity contribution is -0.193. The number of thiophene rings is 1. The van der Waals surface area contributed by atoms with Crippen LogP contribution in [0.4, 0.5) is 17.6 Å². The van der Waals surface area contributed by atoms with E-state index in [1.165, 1.54) is 13.0 Å². The standard InChI is InChI=1S/C8H7BrF4OS/c1-3-4(2-5(9)15-3)6(14)8(12,13)7(10)11/h2,6-7,14H,1H3. The molecule has 0 amide bonds. The molecule has 0 aliphatic carbocycles. The molecule has 0 fully saturated rings. The van der Waals surface area contributed by atoms with Gasteiger partial charge < -0.3 is 5.11 Å². The van der Waals surface area contributed by atoms with Crippen LogP contribution in [0.5, 0.6) is 0 Å². The Bertz CT molecular complexity index is 352. The third kappa shape index (κ3) is 2.51. The summed E-state index contributed by atoms with van der Waals surface area (Å²) in [4.78, 5) is 0.384. The minimum atomic E-state index is -4.43. The van der Waals surface area contributed by atoms with Crippen molar-refractivity contribution in [3.05, 3.63) is 20.3 Å². The lowest BCUT2D eigenvalue weighted by Crippen LogP contribution is -2.34. The van der Waals surface area contributed by atoms with Crippen LogP contribution in [0.1, 0.15) is 16.5 Å². The Kier molecular flexibility index (Phi) is 3.78. The van der Waals surface area contributed by atoms with Crippen molar-refractivity contribution >= 4 is 27.3 Å². The highest BCUT2D eigenvalue weighted by molar-refractivity contribution is 9.11. The topological polar surface area (TPSA) is 20.2 Å². The summed E-state index contributed by atoms with van der Waals surface area (Å²) >= 11 is 4.13. The zero-order valence-corrected chi connectivity index (χ0v) is 9.88. The van der Waals surface area contributed by atoms with E-state index in [0.717, 1.165) is 11.3 Å². The van der Waals surface area contributed by atoms with Gasteiger partial charge in [-0.2, -0.15) is 8.78 Å². The smallest absolute Gasteiger partial charge is 0.336 e. The van der Waals surface area contributed by atoms with Gasteiger partial charge in [-0.1, -0.05) is 0 Å². The zero-order chi connectivity index (χ0) is 11.8. The first-order chi connectivity index (χ1) is 6.76. The van der Waals surface area contributed by atoms with Gasteiger partial charge in [0.05, 0.1) is 3.79 Å². The molecule has 0 spiro atoms. The van der Waals surface area contributed by atoms with Gasteiger partial charge in [-0.15, -0.1) is 11.3 Å². The molecule has 0 aliphatic heterocycles. The highest BCUT2D eigenvalue weighted by atomic mass is 79.9.